The van der Waals surface area contributed by atoms with Crippen molar-refractivity contribution in [1.29, 1.82) is 0 Å². The van der Waals surface area contributed by atoms with Gasteiger partial charge in [0.25, 0.3) is 0 Å². The maximum absolute atomic E-state index is 5.47. The third kappa shape index (κ3) is 3.01. The number of hydrogen-bond donors (Lipinski definition) is 1. The average molecular weight is 233 g/mol. The van der Waals surface area contributed by atoms with Gasteiger partial charge in [-0.3, -0.25) is 0 Å². The molecule has 94 valence electrons. The zero-order valence-corrected chi connectivity index (χ0v) is 11.1. The van der Waals surface area contributed by atoms with Crippen molar-refractivity contribution < 1.29 is 4.74 Å². The minimum absolute atomic E-state index is 0.436. The quantitative estimate of drug-likeness (QED) is 0.860. The van der Waals surface area contributed by atoms with Crippen LogP contribution in [0, 0.1) is 13.8 Å². The van der Waals surface area contributed by atoms with E-state index in [4.69, 9.17) is 4.74 Å². The number of methoxy groups -OCH3 is 1. The van der Waals surface area contributed by atoms with Crippen LogP contribution in [0.15, 0.2) is 18.2 Å². The topological polar surface area (TPSA) is 21.3 Å². The Labute approximate surface area is 104 Å². The van der Waals surface area contributed by atoms with Crippen LogP contribution in [0.5, 0.6) is 0 Å². The van der Waals surface area contributed by atoms with Crippen molar-refractivity contribution >= 4 is 5.69 Å². The second-order valence-corrected chi connectivity index (χ2v) is 5.11. The summed E-state index contributed by atoms with van der Waals surface area (Å²) >= 11 is 0. The van der Waals surface area contributed by atoms with Crippen LogP contribution in [-0.2, 0) is 4.74 Å². The highest BCUT2D eigenvalue weighted by molar-refractivity contribution is 5.54. The SMILES string of the molecule is COC1CCCC(Nc2cccc(C)c2C)C1. The molecule has 1 saturated carbocycles. The van der Waals surface area contributed by atoms with Gasteiger partial charge in [-0.1, -0.05) is 12.1 Å². The molecule has 2 heteroatoms. The molecule has 0 aromatic heterocycles. The molecule has 1 aromatic carbocycles. The summed E-state index contributed by atoms with van der Waals surface area (Å²) in [5.41, 5.74) is 4.01. The molecule has 1 aliphatic carbocycles. The molecule has 0 heterocycles. The van der Waals surface area contributed by atoms with Gasteiger partial charge in [-0.2, -0.15) is 0 Å². The first-order chi connectivity index (χ1) is 8.20. The van der Waals surface area contributed by atoms with E-state index in [-0.39, 0.29) is 0 Å². The van der Waals surface area contributed by atoms with Gasteiger partial charge in [0, 0.05) is 18.8 Å². The fourth-order valence-electron chi connectivity index (χ4n) is 2.62. The van der Waals surface area contributed by atoms with Gasteiger partial charge >= 0.3 is 0 Å². The van der Waals surface area contributed by atoms with E-state index in [1.54, 1.807) is 0 Å². The van der Waals surface area contributed by atoms with Crippen LogP contribution in [0.3, 0.4) is 0 Å². The van der Waals surface area contributed by atoms with Crippen LogP contribution in [0.1, 0.15) is 36.8 Å². The molecule has 0 amide bonds. The first-order valence-electron chi connectivity index (χ1n) is 6.56. The predicted octanol–water partition coefficient (Wildman–Crippen LogP) is 3.67. The summed E-state index contributed by atoms with van der Waals surface area (Å²) in [6.07, 6.45) is 5.30. The van der Waals surface area contributed by atoms with Crippen LogP contribution < -0.4 is 5.32 Å². The number of anilines is 1. The Morgan fingerprint density at radius 3 is 2.82 bits per heavy atom. The van der Waals surface area contributed by atoms with Crippen molar-refractivity contribution in [2.75, 3.05) is 12.4 Å². The molecule has 1 aliphatic rings. The van der Waals surface area contributed by atoms with E-state index in [0.717, 1.165) is 6.42 Å². The number of aryl methyl sites for hydroxylation is 1. The largest absolute Gasteiger partial charge is 0.382 e. The van der Waals surface area contributed by atoms with Gasteiger partial charge in [0.15, 0.2) is 0 Å². The molecule has 0 radical (unpaired) electrons. The average Bonchev–Trinajstić information content (AvgIpc) is 2.35. The molecule has 0 aliphatic heterocycles. The van der Waals surface area contributed by atoms with Gasteiger partial charge in [0.2, 0.25) is 0 Å². The van der Waals surface area contributed by atoms with Crippen molar-refractivity contribution in [2.45, 2.75) is 51.7 Å². The van der Waals surface area contributed by atoms with Gasteiger partial charge < -0.3 is 10.1 Å². The fraction of sp³-hybridized carbons (Fsp3) is 0.600. The summed E-state index contributed by atoms with van der Waals surface area (Å²) in [4.78, 5) is 0. The van der Waals surface area contributed by atoms with Crippen molar-refractivity contribution in [1.82, 2.24) is 0 Å². The first kappa shape index (κ1) is 12.4. The monoisotopic (exact) mass is 233 g/mol. The van der Waals surface area contributed by atoms with Crippen LogP contribution in [0.4, 0.5) is 5.69 Å². The fourth-order valence-corrected chi connectivity index (χ4v) is 2.62. The Balaban J connectivity index is 2.02. The smallest absolute Gasteiger partial charge is 0.0590 e. The van der Waals surface area contributed by atoms with E-state index in [0.29, 0.717) is 12.1 Å². The molecule has 1 aromatic rings. The lowest BCUT2D eigenvalue weighted by Crippen LogP contribution is -2.31. The van der Waals surface area contributed by atoms with E-state index in [9.17, 15) is 0 Å². The number of nitrogens with one attached hydrogen (secondary N) is 1. The Bertz CT molecular complexity index is 375. The number of benzene rings is 1. The maximum Gasteiger partial charge on any atom is 0.0590 e. The summed E-state index contributed by atoms with van der Waals surface area (Å²) in [6.45, 7) is 4.35. The molecule has 0 saturated heterocycles. The third-order valence-electron chi connectivity index (χ3n) is 3.92. The molecule has 1 N–H and O–H groups in total. The van der Waals surface area contributed by atoms with Crippen LogP contribution >= 0.6 is 0 Å². The number of hydrogen-bond acceptors (Lipinski definition) is 2. The molecule has 0 spiro atoms. The molecule has 2 unspecified atom stereocenters. The summed E-state index contributed by atoms with van der Waals surface area (Å²) < 4.78 is 5.47. The number of ether oxygens (including phenoxy) is 1. The molecular formula is C15H23NO. The maximum atomic E-state index is 5.47. The van der Waals surface area contributed by atoms with Crippen LogP contribution in [-0.4, -0.2) is 19.3 Å². The van der Waals surface area contributed by atoms with E-state index >= 15 is 0 Å². The zero-order valence-electron chi connectivity index (χ0n) is 11.1. The van der Waals surface area contributed by atoms with Gasteiger partial charge in [0.1, 0.15) is 0 Å². The van der Waals surface area contributed by atoms with Gasteiger partial charge in [-0.05, 0) is 56.7 Å². The van der Waals surface area contributed by atoms with Crippen molar-refractivity contribution in [3.05, 3.63) is 29.3 Å². The molecule has 0 bridgehead atoms. The van der Waals surface area contributed by atoms with Crippen molar-refractivity contribution in [3.8, 4) is 0 Å². The van der Waals surface area contributed by atoms with Gasteiger partial charge in [-0.15, -0.1) is 0 Å². The summed E-state index contributed by atoms with van der Waals surface area (Å²) in [7, 11) is 1.82. The van der Waals surface area contributed by atoms with Crippen LogP contribution in [0.25, 0.3) is 0 Å². The second kappa shape index (κ2) is 5.54. The lowest BCUT2D eigenvalue weighted by molar-refractivity contribution is 0.0669. The Hall–Kier alpha value is -1.02. The lowest BCUT2D eigenvalue weighted by atomic mass is 9.92. The Morgan fingerprint density at radius 2 is 2.06 bits per heavy atom. The van der Waals surface area contributed by atoms with Gasteiger partial charge in [-0.25, -0.2) is 0 Å². The van der Waals surface area contributed by atoms with E-state index in [2.05, 4.69) is 37.4 Å². The summed E-state index contributed by atoms with van der Waals surface area (Å²) in [6, 6.07) is 7.04. The van der Waals surface area contributed by atoms with Crippen molar-refractivity contribution in [3.63, 3.8) is 0 Å². The summed E-state index contributed by atoms with van der Waals surface area (Å²) in [5, 5.41) is 3.67. The lowest BCUT2D eigenvalue weighted by Gasteiger charge is -2.30. The highest BCUT2D eigenvalue weighted by Gasteiger charge is 2.21. The highest BCUT2D eigenvalue weighted by Crippen LogP contribution is 2.26. The predicted molar refractivity (Wildman–Crippen MR) is 72.6 cm³/mol. The number of rotatable bonds is 3. The van der Waals surface area contributed by atoms with Crippen LogP contribution in [0.2, 0.25) is 0 Å². The third-order valence-corrected chi connectivity index (χ3v) is 3.92. The van der Waals surface area contributed by atoms with Gasteiger partial charge in [0.05, 0.1) is 6.10 Å². The molecule has 2 nitrogen and oxygen atoms in total. The molecular weight excluding hydrogens is 210 g/mol. The standard InChI is InChI=1S/C15H23NO/c1-11-6-4-9-15(12(11)2)16-13-7-5-8-14(10-13)17-3/h4,6,9,13-14,16H,5,7-8,10H2,1-3H3. The second-order valence-electron chi connectivity index (χ2n) is 5.11. The van der Waals surface area contributed by atoms with Crippen molar-refractivity contribution in [2.24, 2.45) is 0 Å². The molecule has 2 rings (SSSR count). The van der Waals surface area contributed by atoms with E-state index < -0.39 is 0 Å². The highest BCUT2D eigenvalue weighted by atomic mass is 16.5. The Morgan fingerprint density at radius 1 is 1.24 bits per heavy atom. The summed E-state index contributed by atoms with van der Waals surface area (Å²) in [5.74, 6) is 0. The van der Waals surface area contributed by atoms with E-state index in [1.807, 2.05) is 7.11 Å². The minimum Gasteiger partial charge on any atom is -0.382 e. The molecule has 1 fully saturated rings. The Kier molecular flexibility index (Phi) is 4.06. The minimum atomic E-state index is 0.436. The normalized spacial score (nSPS) is 24.6. The molecule has 17 heavy (non-hydrogen) atoms. The molecule has 2 atom stereocenters. The zero-order chi connectivity index (χ0) is 12.3. The van der Waals surface area contributed by atoms with E-state index in [1.165, 1.54) is 36.1 Å². The first-order valence-corrected chi connectivity index (χ1v) is 6.56.